The maximum Gasteiger partial charge on any atom is 0.252 e. The largest absolute Gasteiger partial charge is 0.334 e. The Kier molecular flexibility index (Phi) is 9.70. The van der Waals surface area contributed by atoms with Crippen LogP contribution in [0.25, 0.3) is 21.9 Å². The number of benzene rings is 9. The number of para-hydroxylation sites is 2. The van der Waals surface area contributed by atoms with Crippen LogP contribution >= 0.6 is 0 Å². The number of hydrogen-bond donors (Lipinski definition) is 0. The molecule has 0 bridgehead atoms. The summed E-state index contributed by atoms with van der Waals surface area (Å²) >= 11 is 0. The first-order valence-electron chi connectivity index (χ1n) is 28.8. The van der Waals surface area contributed by atoms with Crippen molar-refractivity contribution in [1.29, 1.82) is 0 Å². The third-order valence-electron chi connectivity index (χ3n) is 20.7. The Balaban J connectivity index is 1.09. The van der Waals surface area contributed by atoms with Gasteiger partial charge >= 0.3 is 0 Å². The second kappa shape index (κ2) is 15.9. The molecule has 3 nitrogen and oxygen atoms in total. The van der Waals surface area contributed by atoms with Crippen molar-refractivity contribution in [3.63, 3.8) is 0 Å². The monoisotopic (exact) mass is 1000 g/mol. The standard InChI is InChI=1S/C73H70BN3/c1-68(2,3)52-34-36-61(55(43-52)50-33-32-47-22-13-14-24-49(47)42-50)75-63-37-35-53(69(4,5)6)44-60(63)74-59-30-21-29-58-67(59)77(72(9)56-27-16-15-23-48(56)38-41-70(58,72)7)65-46-54(45-64(75)66(65)74)76-62-31-18-17-28-57(62)73(51-25-11-10-12-26-51)40-20-19-39-71(73,76)8/h10-18,21-37,42-46H,19-20,38-41H2,1-9H3. The van der Waals surface area contributed by atoms with Crippen LogP contribution in [0.5, 0.6) is 0 Å². The fourth-order valence-electron chi connectivity index (χ4n) is 16.6. The number of anilines is 7. The van der Waals surface area contributed by atoms with Gasteiger partial charge in [0.15, 0.2) is 0 Å². The highest BCUT2D eigenvalue weighted by molar-refractivity contribution is 7.00. The molecule has 0 amide bonds. The Morgan fingerprint density at radius 1 is 0.468 bits per heavy atom. The van der Waals surface area contributed by atoms with Crippen LogP contribution in [0.2, 0.25) is 0 Å². The van der Waals surface area contributed by atoms with Gasteiger partial charge in [0, 0.05) is 50.5 Å². The third kappa shape index (κ3) is 6.11. The second-order valence-electron chi connectivity index (χ2n) is 26.5. The highest BCUT2D eigenvalue weighted by Crippen LogP contribution is 2.67. The van der Waals surface area contributed by atoms with Gasteiger partial charge in [0.1, 0.15) is 0 Å². The Bertz CT molecular complexity index is 3950. The smallest absolute Gasteiger partial charge is 0.252 e. The van der Waals surface area contributed by atoms with Crippen molar-refractivity contribution in [3.05, 3.63) is 227 Å². The van der Waals surface area contributed by atoms with Crippen LogP contribution in [0.3, 0.4) is 0 Å². The lowest BCUT2D eigenvalue weighted by atomic mass is 9.33. The molecule has 0 N–H and O–H groups in total. The summed E-state index contributed by atoms with van der Waals surface area (Å²) in [5.41, 5.74) is 24.8. The van der Waals surface area contributed by atoms with Crippen molar-refractivity contribution in [1.82, 2.24) is 0 Å². The molecule has 0 radical (unpaired) electrons. The van der Waals surface area contributed by atoms with Crippen LogP contribution < -0.4 is 31.1 Å². The van der Waals surface area contributed by atoms with E-state index in [1.54, 1.807) is 0 Å². The molecule has 4 heterocycles. The first-order chi connectivity index (χ1) is 37.1. The van der Waals surface area contributed by atoms with Gasteiger partial charge in [-0.1, -0.05) is 207 Å². The average molecular weight is 1000 g/mol. The maximum atomic E-state index is 2.91. The summed E-state index contributed by atoms with van der Waals surface area (Å²) in [6.07, 6.45) is 6.76. The molecular formula is C73H70BN3. The minimum absolute atomic E-state index is 0.00825. The van der Waals surface area contributed by atoms with Crippen LogP contribution in [0, 0.1) is 0 Å². The van der Waals surface area contributed by atoms with E-state index in [9.17, 15) is 0 Å². The van der Waals surface area contributed by atoms with Crippen molar-refractivity contribution >= 4 is 73.7 Å². The molecule has 4 heteroatoms. The van der Waals surface area contributed by atoms with Gasteiger partial charge in [0.2, 0.25) is 0 Å². The van der Waals surface area contributed by atoms with Gasteiger partial charge < -0.3 is 14.7 Å². The molecule has 9 aromatic carbocycles. The summed E-state index contributed by atoms with van der Waals surface area (Å²) < 4.78 is 0. The zero-order valence-electron chi connectivity index (χ0n) is 46.6. The maximum absolute atomic E-state index is 2.91. The first-order valence-corrected chi connectivity index (χ1v) is 28.8. The number of rotatable bonds is 4. The van der Waals surface area contributed by atoms with Crippen molar-refractivity contribution < 1.29 is 0 Å². The van der Waals surface area contributed by atoms with Gasteiger partial charge in [-0.2, -0.15) is 0 Å². The van der Waals surface area contributed by atoms with E-state index in [1.165, 1.54) is 130 Å². The number of fused-ring (bicyclic) bond motifs is 13. The molecule has 1 fully saturated rings. The van der Waals surface area contributed by atoms with E-state index in [1.807, 2.05) is 0 Å². The van der Waals surface area contributed by atoms with Crippen LogP contribution in [-0.4, -0.2) is 12.3 Å². The van der Waals surface area contributed by atoms with Gasteiger partial charge in [-0.3, -0.25) is 0 Å². The number of nitrogens with zero attached hydrogens (tertiary/aromatic N) is 3. The molecule has 6 aliphatic rings. The Hall–Kier alpha value is -7.30. The number of aryl methyl sites for hydroxylation is 1. The molecule has 0 spiro atoms. The average Bonchev–Trinajstić information content (AvgIpc) is 3.19. The zero-order chi connectivity index (χ0) is 52.6. The molecule has 9 aromatic rings. The van der Waals surface area contributed by atoms with E-state index in [2.05, 4.69) is 265 Å². The van der Waals surface area contributed by atoms with Crippen LogP contribution in [0.1, 0.15) is 133 Å². The lowest BCUT2D eigenvalue weighted by Gasteiger charge is -2.54. The number of hydrogen-bond acceptors (Lipinski definition) is 3. The van der Waals surface area contributed by atoms with Gasteiger partial charge in [0.25, 0.3) is 6.71 Å². The molecule has 0 saturated heterocycles. The second-order valence-corrected chi connectivity index (χ2v) is 26.5. The SMILES string of the molecule is CC(C)(C)c1ccc2c(c1)B1c3cccc4c3N(c3cc(N5c6ccccc6C6(c7ccccc7)CCCCC56C)cc(c31)N2c1ccc(C(C)(C)C)cc1-c1ccc2ccccc2c1)C1(C)c2ccccc2CCC41C. The zero-order valence-corrected chi connectivity index (χ0v) is 46.6. The molecule has 380 valence electrons. The van der Waals surface area contributed by atoms with Gasteiger partial charge in [-0.25, -0.2) is 0 Å². The molecule has 1 saturated carbocycles. The molecule has 77 heavy (non-hydrogen) atoms. The topological polar surface area (TPSA) is 9.72 Å². The highest BCUT2D eigenvalue weighted by atomic mass is 15.3. The summed E-state index contributed by atoms with van der Waals surface area (Å²) in [7, 11) is 0. The molecule has 4 aliphatic heterocycles. The van der Waals surface area contributed by atoms with E-state index >= 15 is 0 Å². The van der Waals surface area contributed by atoms with Crippen molar-refractivity contribution in [2.75, 3.05) is 14.7 Å². The first kappa shape index (κ1) is 47.0. The summed E-state index contributed by atoms with van der Waals surface area (Å²) in [5, 5.41) is 2.51. The predicted octanol–water partition coefficient (Wildman–Crippen LogP) is 16.8. The lowest BCUT2D eigenvalue weighted by Crippen LogP contribution is -2.64. The Labute approximate surface area is 457 Å². The van der Waals surface area contributed by atoms with Crippen LogP contribution in [0.15, 0.2) is 188 Å². The lowest BCUT2D eigenvalue weighted by molar-refractivity contribution is 0.215. The molecule has 2 aliphatic carbocycles. The fraction of sp³-hybridized carbons (Fsp3) is 0.288. The third-order valence-corrected chi connectivity index (χ3v) is 20.7. The summed E-state index contributed by atoms with van der Waals surface area (Å²) in [6.45, 7) is 22.1. The minimum atomic E-state index is -0.369. The van der Waals surface area contributed by atoms with Gasteiger partial charge in [-0.05, 0) is 164 Å². The quantitative estimate of drug-likeness (QED) is 0.163. The van der Waals surface area contributed by atoms with E-state index in [0.29, 0.717) is 0 Å². The highest BCUT2D eigenvalue weighted by Gasteiger charge is 2.65. The van der Waals surface area contributed by atoms with Crippen LogP contribution in [-0.2, 0) is 33.6 Å². The van der Waals surface area contributed by atoms with Crippen molar-refractivity contribution in [2.45, 2.75) is 134 Å². The summed E-state index contributed by atoms with van der Waals surface area (Å²) in [5.74, 6) is 0. The molecule has 4 atom stereocenters. The minimum Gasteiger partial charge on any atom is -0.334 e. The molecule has 15 rings (SSSR count). The molecular weight excluding hydrogens is 930 g/mol. The van der Waals surface area contributed by atoms with E-state index < -0.39 is 0 Å². The molecule has 4 unspecified atom stereocenters. The van der Waals surface area contributed by atoms with E-state index in [-0.39, 0.29) is 39.5 Å². The van der Waals surface area contributed by atoms with Crippen LogP contribution in [0.4, 0.5) is 39.8 Å². The van der Waals surface area contributed by atoms with Gasteiger partial charge in [0.05, 0.1) is 16.8 Å². The van der Waals surface area contributed by atoms with E-state index in [4.69, 9.17) is 0 Å². The fourth-order valence-corrected chi connectivity index (χ4v) is 16.6. The normalized spacial score (nSPS) is 23.4. The predicted molar refractivity (Wildman–Crippen MR) is 327 cm³/mol. The summed E-state index contributed by atoms with van der Waals surface area (Å²) in [4.78, 5) is 8.50. The molecule has 0 aromatic heterocycles. The summed E-state index contributed by atoms with van der Waals surface area (Å²) in [6, 6.07) is 74.3. The van der Waals surface area contributed by atoms with Gasteiger partial charge in [-0.15, -0.1) is 0 Å². The van der Waals surface area contributed by atoms with Crippen molar-refractivity contribution in [3.8, 4) is 11.1 Å². The van der Waals surface area contributed by atoms with Crippen molar-refractivity contribution in [2.24, 2.45) is 0 Å². The van der Waals surface area contributed by atoms with E-state index in [0.717, 1.165) is 25.7 Å². The Morgan fingerprint density at radius 3 is 1.92 bits per heavy atom. The Morgan fingerprint density at radius 2 is 1.13 bits per heavy atom.